The van der Waals surface area contributed by atoms with Crippen LogP contribution in [0.5, 0.6) is 5.75 Å². The Morgan fingerprint density at radius 2 is 1.48 bits per heavy atom. The van der Waals surface area contributed by atoms with E-state index in [2.05, 4.69) is 6.07 Å². The molecular formula is C23H20N2O2. The number of phenolic OH excluding ortho intramolecular Hbond substituents is 1. The van der Waals surface area contributed by atoms with Crippen molar-refractivity contribution < 1.29 is 9.90 Å². The summed E-state index contributed by atoms with van der Waals surface area (Å²) in [6, 6.07) is 20.0. The van der Waals surface area contributed by atoms with E-state index in [4.69, 9.17) is 5.26 Å². The number of carbonyl (C=O) groups is 1. The predicted octanol–water partition coefficient (Wildman–Crippen LogP) is 4.82. The molecule has 0 atom stereocenters. The topological polar surface area (TPSA) is 64.3 Å². The molecule has 1 amide bonds. The van der Waals surface area contributed by atoms with E-state index in [9.17, 15) is 9.90 Å². The fraction of sp³-hybridized carbons (Fsp3) is 0.130. The third-order valence-corrected chi connectivity index (χ3v) is 4.64. The van der Waals surface area contributed by atoms with Gasteiger partial charge in [0.15, 0.2) is 0 Å². The fourth-order valence-corrected chi connectivity index (χ4v) is 3.17. The maximum Gasteiger partial charge on any atom is 0.258 e. The zero-order valence-corrected chi connectivity index (χ0v) is 15.5. The quantitative estimate of drug-likeness (QED) is 0.731. The van der Waals surface area contributed by atoms with Gasteiger partial charge in [0.05, 0.1) is 11.6 Å². The van der Waals surface area contributed by atoms with Crippen LogP contribution in [0.25, 0.3) is 11.1 Å². The van der Waals surface area contributed by atoms with Gasteiger partial charge >= 0.3 is 0 Å². The van der Waals surface area contributed by atoms with Gasteiger partial charge < -0.3 is 10.0 Å². The highest BCUT2D eigenvalue weighted by Gasteiger charge is 2.19. The average Bonchev–Trinajstić information content (AvgIpc) is 2.67. The minimum Gasteiger partial charge on any atom is -0.508 e. The Kier molecular flexibility index (Phi) is 4.96. The first-order chi connectivity index (χ1) is 12.9. The van der Waals surface area contributed by atoms with Gasteiger partial charge in [-0.3, -0.25) is 4.79 Å². The minimum absolute atomic E-state index is 0.0908. The molecule has 4 heteroatoms. The van der Waals surface area contributed by atoms with E-state index >= 15 is 0 Å². The van der Waals surface area contributed by atoms with Crippen molar-refractivity contribution in [2.75, 3.05) is 11.9 Å². The molecule has 0 aliphatic carbocycles. The predicted molar refractivity (Wildman–Crippen MR) is 107 cm³/mol. The highest BCUT2D eigenvalue weighted by Crippen LogP contribution is 2.28. The molecule has 1 N–H and O–H groups in total. The summed E-state index contributed by atoms with van der Waals surface area (Å²) in [7, 11) is 1.73. The largest absolute Gasteiger partial charge is 0.508 e. The maximum absolute atomic E-state index is 13.1. The van der Waals surface area contributed by atoms with Gasteiger partial charge in [-0.25, -0.2) is 0 Å². The SMILES string of the molecule is Cc1cc(-c2ccc(O)cc2)cc(C)c1C(=O)N(C)c1ccc(C#N)cc1. The van der Waals surface area contributed by atoms with Crippen LogP contribution in [-0.2, 0) is 0 Å². The molecule has 27 heavy (non-hydrogen) atoms. The smallest absolute Gasteiger partial charge is 0.258 e. The van der Waals surface area contributed by atoms with E-state index < -0.39 is 0 Å². The minimum atomic E-state index is -0.0908. The number of carbonyl (C=O) groups excluding carboxylic acids is 1. The summed E-state index contributed by atoms with van der Waals surface area (Å²) < 4.78 is 0. The number of hydrogen-bond acceptors (Lipinski definition) is 3. The molecule has 0 unspecified atom stereocenters. The molecule has 3 rings (SSSR count). The van der Waals surface area contributed by atoms with Crippen molar-refractivity contribution in [3.05, 3.63) is 82.9 Å². The summed E-state index contributed by atoms with van der Waals surface area (Å²) >= 11 is 0. The number of aryl methyl sites for hydroxylation is 2. The molecule has 3 aromatic carbocycles. The van der Waals surface area contributed by atoms with E-state index in [1.807, 2.05) is 38.1 Å². The molecule has 0 bridgehead atoms. The van der Waals surface area contributed by atoms with Crippen LogP contribution < -0.4 is 4.90 Å². The number of rotatable bonds is 3. The summed E-state index contributed by atoms with van der Waals surface area (Å²) in [6.07, 6.45) is 0. The molecule has 0 radical (unpaired) electrons. The lowest BCUT2D eigenvalue weighted by molar-refractivity contribution is 0.0992. The second kappa shape index (κ2) is 7.35. The molecule has 0 spiro atoms. The molecular weight excluding hydrogens is 336 g/mol. The van der Waals surface area contributed by atoms with Crippen molar-refractivity contribution in [2.45, 2.75) is 13.8 Å². The Morgan fingerprint density at radius 3 is 2.00 bits per heavy atom. The van der Waals surface area contributed by atoms with Crippen molar-refractivity contribution in [3.63, 3.8) is 0 Å². The Bertz CT molecular complexity index is 1010. The zero-order valence-electron chi connectivity index (χ0n) is 15.5. The van der Waals surface area contributed by atoms with Crippen LogP contribution in [0.2, 0.25) is 0 Å². The third kappa shape index (κ3) is 3.68. The number of hydrogen-bond donors (Lipinski definition) is 1. The first-order valence-corrected chi connectivity index (χ1v) is 8.59. The summed E-state index contributed by atoms with van der Waals surface area (Å²) in [4.78, 5) is 14.7. The summed E-state index contributed by atoms with van der Waals surface area (Å²) in [6.45, 7) is 3.85. The number of anilines is 1. The molecule has 134 valence electrons. The number of benzene rings is 3. The monoisotopic (exact) mass is 356 g/mol. The highest BCUT2D eigenvalue weighted by molar-refractivity contribution is 6.08. The Balaban J connectivity index is 1.94. The van der Waals surface area contributed by atoms with Crippen molar-refractivity contribution in [3.8, 4) is 22.9 Å². The van der Waals surface area contributed by atoms with E-state index in [0.29, 0.717) is 11.1 Å². The van der Waals surface area contributed by atoms with Gasteiger partial charge in [-0.05, 0) is 72.5 Å². The van der Waals surface area contributed by atoms with Crippen LogP contribution in [0.15, 0.2) is 60.7 Å². The van der Waals surface area contributed by atoms with Crippen molar-refractivity contribution in [1.29, 1.82) is 5.26 Å². The average molecular weight is 356 g/mol. The van der Waals surface area contributed by atoms with Crippen molar-refractivity contribution in [1.82, 2.24) is 0 Å². The molecule has 3 aromatic rings. The molecule has 0 aromatic heterocycles. The maximum atomic E-state index is 13.1. The standard InChI is InChI=1S/C23H20N2O2/c1-15-12-19(18-6-10-21(26)11-7-18)13-16(2)22(15)23(27)25(3)20-8-4-17(14-24)5-9-20/h4-13,26H,1-3H3. The zero-order chi connectivity index (χ0) is 19.6. The first kappa shape index (κ1) is 18.2. The van der Waals surface area contributed by atoms with Crippen LogP contribution in [0, 0.1) is 25.2 Å². The molecule has 0 aliphatic heterocycles. The van der Waals surface area contributed by atoms with Crippen LogP contribution in [0.3, 0.4) is 0 Å². The Hall–Kier alpha value is -3.58. The lowest BCUT2D eigenvalue weighted by Gasteiger charge is -2.21. The van der Waals surface area contributed by atoms with Gasteiger partial charge in [0.1, 0.15) is 5.75 Å². The lowest BCUT2D eigenvalue weighted by atomic mass is 9.94. The van der Waals surface area contributed by atoms with Crippen molar-refractivity contribution in [2.24, 2.45) is 0 Å². The Labute approximate surface area is 158 Å². The molecule has 0 aliphatic rings. The van der Waals surface area contributed by atoms with Crippen molar-refractivity contribution >= 4 is 11.6 Å². The van der Waals surface area contributed by atoms with Crippen LogP contribution in [0.1, 0.15) is 27.0 Å². The van der Waals surface area contributed by atoms with E-state index in [0.717, 1.165) is 27.9 Å². The molecule has 0 fully saturated rings. The van der Waals surface area contributed by atoms with Gasteiger partial charge in [-0.15, -0.1) is 0 Å². The van der Waals surface area contributed by atoms with Crippen LogP contribution in [0.4, 0.5) is 5.69 Å². The van der Waals surface area contributed by atoms with Gasteiger partial charge in [0.25, 0.3) is 5.91 Å². The molecule has 0 heterocycles. The molecule has 0 saturated carbocycles. The van der Waals surface area contributed by atoms with E-state index in [1.165, 1.54) is 0 Å². The molecule has 4 nitrogen and oxygen atoms in total. The van der Waals surface area contributed by atoms with E-state index in [-0.39, 0.29) is 11.7 Å². The second-order valence-corrected chi connectivity index (χ2v) is 6.55. The summed E-state index contributed by atoms with van der Waals surface area (Å²) in [5.74, 6) is 0.134. The van der Waals surface area contributed by atoms with E-state index in [1.54, 1.807) is 48.3 Å². The normalized spacial score (nSPS) is 10.3. The summed E-state index contributed by atoms with van der Waals surface area (Å²) in [5, 5.41) is 18.4. The first-order valence-electron chi connectivity index (χ1n) is 8.59. The molecule has 0 saturated heterocycles. The van der Waals surface area contributed by atoms with Gasteiger partial charge in [0, 0.05) is 18.3 Å². The Morgan fingerprint density at radius 1 is 0.926 bits per heavy atom. The second-order valence-electron chi connectivity index (χ2n) is 6.55. The number of aromatic hydroxyl groups is 1. The van der Waals surface area contributed by atoms with Crippen LogP contribution in [-0.4, -0.2) is 18.1 Å². The number of phenols is 1. The fourth-order valence-electron chi connectivity index (χ4n) is 3.17. The number of nitrogens with zero attached hydrogens (tertiary/aromatic N) is 2. The van der Waals surface area contributed by atoms with Crippen LogP contribution >= 0.6 is 0 Å². The third-order valence-electron chi connectivity index (χ3n) is 4.64. The van der Waals surface area contributed by atoms with Gasteiger partial charge in [0.2, 0.25) is 0 Å². The highest BCUT2D eigenvalue weighted by atomic mass is 16.3. The number of amides is 1. The number of nitriles is 1. The van der Waals surface area contributed by atoms with Gasteiger partial charge in [-0.2, -0.15) is 5.26 Å². The van der Waals surface area contributed by atoms with Gasteiger partial charge in [-0.1, -0.05) is 24.3 Å². The summed E-state index contributed by atoms with van der Waals surface area (Å²) in [5.41, 5.74) is 5.74. The lowest BCUT2D eigenvalue weighted by Crippen LogP contribution is -2.27.